The summed E-state index contributed by atoms with van der Waals surface area (Å²) in [5.74, 6) is 0. The number of rotatable bonds is 2. The Labute approximate surface area is 96.4 Å². The van der Waals surface area contributed by atoms with Gasteiger partial charge in [0.05, 0.1) is 12.7 Å². The molecule has 2 atom stereocenters. The predicted octanol–water partition coefficient (Wildman–Crippen LogP) is 0.942. The Bertz CT molecular complexity index is 354. The van der Waals surface area contributed by atoms with Crippen LogP contribution in [0.5, 0.6) is 0 Å². The van der Waals surface area contributed by atoms with Crippen molar-refractivity contribution < 1.29 is 4.74 Å². The summed E-state index contributed by atoms with van der Waals surface area (Å²) in [7, 11) is 0. The Kier molecular flexibility index (Phi) is 3.41. The standard InChI is InChI=1S/C12H19N3O/c1-9-7-14-4-3-11(9)15-5-6-16-12(8-15)10(2)13/h3-4,7,10,12H,5-6,8,13H2,1-2H3. The van der Waals surface area contributed by atoms with E-state index in [0.717, 1.165) is 19.7 Å². The third-order valence-electron chi connectivity index (χ3n) is 3.01. The maximum Gasteiger partial charge on any atom is 0.0898 e. The molecule has 0 bridgehead atoms. The van der Waals surface area contributed by atoms with Gasteiger partial charge >= 0.3 is 0 Å². The van der Waals surface area contributed by atoms with E-state index in [0.29, 0.717) is 0 Å². The molecule has 4 nitrogen and oxygen atoms in total. The number of morpholine rings is 1. The van der Waals surface area contributed by atoms with Gasteiger partial charge in [-0.05, 0) is 25.5 Å². The first kappa shape index (κ1) is 11.4. The van der Waals surface area contributed by atoms with Crippen LogP contribution < -0.4 is 10.6 Å². The molecule has 2 N–H and O–H groups in total. The number of nitrogens with two attached hydrogens (primary N) is 1. The first-order valence-electron chi connectivity index (χ1n) is 5.71. The average molecular weight is 221 g/mol. The number of pyridine rings is 1. The second-order valence-corrected chi connectivity index (χ2v) is 4.38. The first-order chi connectivity index (χ1) is 7.68. The Morgan fingerprint density at radius 1 is 1.62 bits per heavy atom. The molecule has 4 heteroatoms. The van der Waals surface area contributed by atoms with Crippen LogP contribution in [0.15, 0.2) is 18.5 Å². The van der Waals surface area contributed by atoms with Crippen LogP contribution in [-0.2, 0) is 4.74 Å². The Hall–Kier alpha value is -1.13. The van der Waals surface area contributed by atoms with Crippen molar-refractivity contribution in [1.82, 2.24) is 4.98 Å². The van der Waals surface area contributed by atoms with Crippen molar-refractivity contribution in [2.75, 3.05) is 24.6 Å². The molecule has 2 rings (SSSR count). The lowest BCUT2D eigenvalue weighted by molar-refractivity contribution is 0.0275. The Morgan fingerprint density at radius 2 is 2.44 bits per heavy atom. The van der Waals surface area contributed by atoms with Crippen LogP contribution in [0.3, 0.4) is 0 Å². The molecule has 16 heavy (non-hydrogen) atoms. The van der Waals surface area contributed by atoms with Gasteiger partial charge in [-0.25, -0.2) is 0 Å². The maximum absolute atomic E-state index is 5.88. The molecule has 1 fully saturated rings. The molecule has 1 aliphatic heterocycles. The van der Waals surface area contributed by atoms with Gasteiger partial charge < -0.3 is 15.4 Å². The lowest BCUT2D eigenvalue weighted by Gasteiger charge is -2.36. The average Bonchev–Trinajstić information content (AvgIpc) is 2.30. The van der Waals surface area contributed by atoms with E-state index in [4.69, 9.17) is 10.5 Å². The summed E-state index contributed by atoms with van der Waals surface area (Å²) in [5.41, 5.74) is 8.32. The molecule has 1 aromatic rings. The number of hydrogen-bond acceptors (Lipinski definition) is 4. The van der Waals surface area contributed by atoms with Crippen molar-refractivity contribution in [2.24, 2.45) is 5.73 Å². The molecule has 1 saturated heterocycles. The van der Waals surface area contributed by atoms with Crippen LogP contribution in [0.25, 0.3) is 0 Å². The number of nitrogens with zero attached hydrogens (tertiary/aromatic N) is 2. The Morgan fingerprint density at radius 3 is 3.12 bits per heavy atom. The summed E-state index contributed by atoms with van der Waals surface area (Å²) in [6.07, 6.45) is 3.85. The van der Waals surface area contributed by atoms with E-state index >= 15 is 0 Å². The highest BCUT2D eigenvalue weighted by Crippen LogP contribution is 2.21. The molecule has 0 aromatic carbocycles. The van der Waals surface area contributed by atoms with Crippen molar-refractivity contribution in [1.29, 1.82) is 0 Å². The number of ether oxygens (including phenoxy) is 1. The molecule has 0 saturated carbocycles. The minimum Gasteiger partial charge on any atom is -0.373 e. The summed E-state index contributed by atoms with van der Waals surface area (Å²) in [5, 5.41) is 0. The van der Waals surface area contributed by atoms with Crippen LogP contribution >= 0.6 is 0 Å². The minimum atomic E-state index is 0.0740. The maximum atomic E-state index is 5.88. The van der Waals surface area contributed by atoms with Crippen molar-refractivity contribution in [3.05, 3.63) is 24.0 Å². The third kappa shape index (κ3) is 2.33. The van der Waals surface area contributed by atoms with Gasteiger partial charge in [0.25, 0.3) is 0 Å². The van der Waals surface area contributed by atoms with Crippen LogP contribution in [0.4, 0.5) is 5.69 Å². The first-order valence-corrected chi connectivity index (χ1v) is 5.71. The molecule has 0 aliphatic carbocycles. The van der Waals surface area contributed by atoms with Gasteiger partial charge in [0.2, 0.25) is 0 Å². The van der Waals surface area contributed by atoms with Crippen LogP contribution in [-0.4, -0.2) is 36.8 Å². The van der Waals surface area contributed by atoms with Crippen LogP contribution in [0.1, 0.15) is 12.5 Å². The number of aryl methyl sites for hydroxylation is 1. The van der Waals surface area contributed by atoms with E-state index in [1.165, 1.54) is 11.3 Å². The Balaban J connectivity index is 2.13. The molecule has 1 aromatic heterocycles. The summed E-state index contributed by atoms with van der Waals surface area (Å²) < 4.78 is 5.65. The molecule has 0 radical (unpaired) electrons. The normalized spacial score (nSPS) is 23.2. The quantitative estimate of drug-likeness (QED) is 0.807. The van der Waals surface area contributed by atoms with E-state index in [2.05, 4.69) is 22.9 Å². The van der Waals surface area contributed by atoms with E-state index in [1.54, 1.807) is 0 Å². The molecular formula is C12H19N3O. The lowest BCUT2D eigenvalue weighted by atomic mass is 10.1. The van der Waals surface area contributed by atoms with Gasteiger partial charge in [-0.2, -0.15) is 0 Å². The van der Waals surface area contributed by atoms with E-state index in [9.17, 15) is 0 Å². The van der Waals surface area contributed by atoms with E-state index in [-0.39, 0.29) is 12.1 Å². The van der Waals surface area contributed by atoms with Gasteiger partial charge in [0, 0.05) is 37.2 Å². The molecular weight excluding hydrogens is 202 g/mol. The minimum absolute atomic E-state index is 0.0740. The van der Waals surface area contributed by atoms with E-state index in [1.807, 2.05) is 19.3 Å². The van der Waals surface area contributed by atoms with Gasteiger partial charge in [-0.1, -0.05) is 0 Å². The number of hydrogen-bond donors (Lipinski definition) is 1. The highest BCUT2D eigenvalue weighted by atomic mass is 16.5. The summed E-state index contributed by atoms with van der Waals surface area (Å²) >= 11 is 0. The smallest absolute Gasteiger partial charge is 0.0898 e. The predicted molar refractivity (Wildman–Crippen MR) is 64.6 cm³/mol. The summed E-state index contributed by atoms with van der Waals surface area (Å²) in [4.78, 5) is 6.44. The molecule has 2 unspecified atom stereocenters. The zero-order valence-electron chi connectivity index (χ0n) is 9.89. The SMILES string of the molecule is Cc1cnccc1N1CCOC(C(C)N)C1. The van der Waals surface area contributed by atoms with Crippen molar-refractivity contribution in [3.63, 3.8) is 0 Å². The van der Waals surface area contributed by atoms with Gasteiger partial charge in [0.1, 0.15) is 0 Å². The number of anilines is 1. The van der Waals surface area contributed by atoms with Gasteiger partial charge in [-0.15, -0.1) is 0 Å². The fraction of sp³-hybridized carbons (Fsp3) is 0.583. The highest BCUT2D eigenvalue weighted by Gasteiger charge is 2.24. The van der Waals surface area contributed by atoms with Gasteiger partial charge in [0.15, 0.2) is 0 Å². The molecule has 88 valence electrons. The second-order valence-electron chi connectivity index (χ2n) is 4.38. The van der Waals surface area contributed by atoms with Crippen LogP contribution in [0, 0.1) is 6.92 Å². The van der Waals surface area contributed by atoms with Gasteiger partial charge in [-0.3, -0.25) is 4.98 Å². The lowest BCUT2D eigenvalue weighted by Crippen LogP contribution is -2.49. The largest absolute Gasteiger partial charge is 0.373 e. The fourth-order valence-electron chi connectivity index (χ4n) is 2.03. The third-order valence-corrected chi connectivity index (χ3v) is 3.01. The molecule has 1 aliphatic rings. The fourth-order valence-corrected chi connectivity index (χ4v) is 2.03. The van der Waals surface area contributed by atoms with Crippen LogP contribution in [0.2, 0.25) is 0 Å². The molecule has 2 heterocycles. The zero-order chi connectivity index (χ0) is 11.5. The van der Waals surface area contributed by atoms with Crippen molar-refractivity contribution in [2.45, 2.75) is 26.0 Å². The van der Waals surface area contributed by atoms with E-state index < -0.39 is 0 Å². The highest BCUT2D eigenvalue weighted by molar-refractivity contribution is 5.51. The topological polar surface area (TPSA) is 51.4 Å². The van der Waals surface area contributed by atoms with Crippen molar-refractivity contribution >= 4 is 5.69 Å². The monoisotopic (exact) mass is 221 g/mol. The summed E-state index contributed by atoms with van der Waals surface area (Å²) in [6, 6.07) is 2.13. The number of aromatic nitrogens is 1. The summed E-state index contributed by atoms with van der Waals surface area (Å²) in [6.45, 7) is 6.61. The van der Waals surface area contributed by atoms with Crippen molar-refractivity contribution in [3.8, 4) is 0 Å². The molecule has 0 amide bonds. The molecule has 0 spiro atoms. The second kappa shape index (κ2) is 4.80. The zero-order valence-corrected chi connectivity index (χ0v) is 9.89.